The second-order valence-corrected chi connectivity index (χ2v) is 3.24. The van der Waals surface area contributed by atoms with E-state index in [1.807, 2.05) is 6.26 Å². The van der Waals surface area contributed by atoms with Crippen molar-refractivity contribution in [1.82, 2.24) is 0 Å². The second-order valence-electron chi connectivity index (χ2n) is 2.33. The lowest BCUT2D eigenvalue weighted by Gasteiger charge is -2.07. The number of ether oxygens (including phenoxy) is 1. The van der Waals surface area contributed by atoms with E-state index in [-0.39, 0.29) is 12.0 Å². The van der Waals surface area contributed by atoms with Crippen LogP contribution in [0.25, 0.3) is 0 Å². The van der Waals surface area contributed by atoms with E-state index >= 15 is 0 Å². The van der Waals surface area contributed by atoms with Gasteiger partial charge in [0.1, 0.15) is 0 Å². The zero-order valence-electron chi connectivity index (χ0n) is 7.00. The van der Waals surface area contributed by atoms with Gasteiger partial charge < -0.3 is 10.5 Å². The Hall–Kier alpha value is -0.220. The average molecular weight is 177 g/mol. The third-order valence-corrected chi connectivity index (χ3v) is 2.09. The van der Waals surface area contributed by atoms with Crippen LogP contribution in [0.1, 0.15) is 12.8 Å². The first-order valence-corrected chi connectivity index (χ1v) is 4.91. The Bertz CT molecular complexity index is 119. The Morgan fingerprint density at radius 3 is 2.82 bits per heavy atom. The van der Waals surface area contributed by atoms with E-state index in [4.69, 9.17) is 5.73 Å². The largest absolute Gasteiger partial charge is 0.469 e. The van der Waals surface area contributed by atoms with Crippen molar-refractivity contribution >= 4 is 17.7 Å². The van der Waals surface area contributed by atoms with Crippen LogP contribution < -0.4 is 5.73 Å². The van der Waals surface area contributed by atoms with Crippen LogP contribution in [0.2, 0.25) is 0 Å². The molecule has 2 N–H and O–H groups in total. The van der Waals surface area contributed by atoms with Gasteiger partial charge in [-0.3, -0.25) is 4.79 Å². The van der Waals surface area contributed by atoms with Crippen molar-refractivity contribution in [3.63, 3.8) is 0 Å². The van der Waals surface area contributed by atoms with Crippen molar-refractivity contribution in [1.29, 1.82) is 0 Å². The SMILES string of the molecule is COC(=O)CCC(N)CSC. The first kappa shape index (κ1) is 10.8. The highest BCUT2D eigenvalue weighted by molar-refractivity contribution is 7.98. The fourth-order valence-electron chi connectivity index (χ4n) is 0.703. The van der Waals surface area contributed by atoms with Crippen LogP contribution in [-0.2, 0) is 9.53 Å². The van der Waals surface area contributed by atoms with Crippen LogP contribution in [0.4, 0.5) is 0 Å². The van der Waals surface area contributed by atoms with Crippen molar-refractivity contribution in [2.24, 2.45) is 5.73 Å². The van der Waals surface area contributed by atoms with Crippen molar-refractivity contribution in [2.75, 3.05) is 19.1 Å². The smallest absolute Gasteiger partial charge is 0.305 e. The highest BCUT2D eigenvalue weighted by Gasteiger charge is 2.05. The van der Waals surface area contributed by atoms with Gasteiger partial charge in [0.15, 0.2) is 0 Å². The van der Waals surface area contributed by atoms with Gasteiger partial charge in [-0.1, -0.05) is 0 Å². The summed E-state index contributed by atoms with van der Waals surface area (Å²) in [5.74, 6) is 0.721. The molecule has 0 bridgehead atoms. The molecule has 66 valence electrons. The topological polar surface area (TPSA) is 52.3 Å². The number of carbonyl (C=O) groups is 1. The Labute approximate surface area is 71.7 Å². The fraction of sp³-hybridized carbons (Fsp3) is 0.857. The first-order valence-electron chi connectivity index (χ1n) is 3.52. The van der Waals surface area contributed by atoms with Gasteiger partial charge in [-0.2, -0.15) is 11.8 Å². The number of rotatable bonds is 5. The number of methoxy groups -OCH3 is 1. The van der Waals surface area contributed by atoms with Crippen LogP contribution in [0.5, 0.6) is 0 Å². The quantitative estimate of drug-likeness (QED) is 0.626. The van der Waals surface area contributed by atoms with Gasteiger partial charge in [0.05, 0.1) is 7.11 Å². The molecule has 1 unspecified atom stereocenters. The monoisotopic (exact) mass is 177 g/mol. The molecule has 0 radical (unpaired) electrons. The highest BCUT2D eigenvalue weighted by atomic mass is 32.2. The molecule has 0 rings (SSSR count). The van der Waals surface area contributed by atoms with Crippen LogP contribution in [0.15, 0.2) is 0 Å². The first-order chi connectivity index (χ1) is 5.20. The van der Waals surface area contributed by atoms with E-state index in [9.17, 15) is 4.79 Å². The molecule has 0 heterocycles. The third-order valence-electron chi connectivity index (χ3n) is 1.33. The lowest BCUT2D eigenvalue weighted by atomic mass is 10.2. The van der Waals surface area contributed by atoms with Gasteiger partial charge in [-0.25, -0.2) is 0 Å². The van der Waals surface area contributed by atoms with Crippen LogP contribution >= 0.6 is 11.8 Å². The van der Waals surface area contributed by atoms with Gasteiger partial charge in [-0.15, -0.1) is 0 Å². The maximum Gasteiger partial charge on any atom is 0.305 e. The summed E-state index contributed by atoms with van der Waals surface area (Å²) < 4.78 is 4.48. The van der Waals surface area contributed by atoms with Crippen LogP contribution in [-0.4, -0.2) is 31.1 Å². The number of hydrogen-bond donors (Lipinski definition) is 1. The Morgan fingerprint density at radius 2 is 2.36 bits per heavy atom. The number of hydrogen-bond acceptors (Lipinski definition) is 4. The van der Waals surface area contributed by atoms with E-state index in [1.165, 1.54) is 7.11 Å². The molecular formula is C7H15NO2S. The minimum atomic E-state index is -0.179. The summed E-state index contributed by atoms with van der Waals surface area (Å²) in [5.41, 5.74) is 5.66. The molecule has 11 heavy (non-hydrogen) atoms. The summed E-state index contributed by atoms with van der Waals surface area (Å²) in [5, 5.41) is 0. The van der Waals surface area contributed by atoms with Crippen LogP contribution in [0.3, 0.4) is 0 Å². The van der Waals surface area contributed by atoms with Gasteiger partial charge in [-0.05, 0) is 12.7 Å². The fourth-order valence-corrected chi connectivity index (χ4v) is 1.30. The number of carbonyl (C=O) groups excluding carboxylic acids is 1. The molecule has 0 aliphatic rings. The molecule has 0 saturated heterocycles. The predicted molar refractivity (Wildman–Crippen MR) is 47.6 cm³/mol. The molecule has 4 heteroatoms. The number of nitrogens with two attached hydrogens (primary N) is 1. The van der Waals surface area contributed by atoms with Crippen molar-refractivity contribution in [3.05, 3.63) is 0 Å². The second kappa shape index (κ2) is 6.49. The van der Waals surface area contributed by atoms with E-state index < -0.39 is 0 Å². The molecule has 0 aromatic heterocycles. The summed E-state index contributed by atoms with van der Waals surface area (Å²) in [7, 11) is 1.39. The molecule has 0 aromatic rings. The molecule has 0 fully saturated rings. The molecule has 0 saturated carbocycles. The highest BCUT2D eigenvalue weighted by Crippen LogP contribution is 2.02. The summed E-state index contributed by atoms with van der Waals surface area (Å²) >= 11 is 1.69. The van der Waals surface area contributed by atoms with Gasteiger partial charge in [0.25, 0.3) is 0 Å². The molecular weight excluding hydrogens is 162 g/mol. The lowest BCUT2D eigenvalue weighted by molar-refractivity contribution is -0.140. The van der Waals surface area contributed by atoms with Gasteiger partial charge in [0, 0.05) is 18.2 Å². The van der Waals surface area contributed by atoms with Crippen LogP contribution in [0, 0.1) is 0 Å². The Balaban J connectivity index is 3.29. The maximum atomic E-state index is 10.6. The molecule has 0 spiro atoms. The Morgan fingerprint density at radius 1 is 1.73 bits per heavy atom. The predicted octanol–water partition coefficient (Wildman–Crippen LogP) is 0.630. The summed E-state index contributed by atoms with van der Waals surface area (Å²) in [6, 6.07) is 0.115. The lowest BCUT2D eigenvalue weighted by Crippen LogP contribution is -2.23. The van der Waals surface area contributed by atoms with E-state index in [0.29, 0.717) is 12.8 Å². The van der Waals surface area contributed by atoms with E-state index in [1.54, 1.807) is 11.8 Å². The molecule has 0 aromatic carbocycles. The Kier molecular flexibility index (Phi) is 6.36. The van der Waals surface area contributed by atoms with E-state index in [0.717, 1.165) is 5.75 Å². The van der Waals surface area contributed by atoms with Crippen molar-refractivity contribution in [2.45, 2.75) is 18.9 Å². The molecule has 0 amide bonds. The summed E-state index contributed by atoms with van der Waals surface area (Å²) in [4.78, 5) is 10.6. The van der Waals surface area contributed by atoms with Gasteiger partial charge in [0.2, 0.25) is 0 Å². The number of thioether (sulfide) groups is 1. The molecule has 0 aliphatic heterocycles. The summed E-state index contributed by atoms with van der Waals surface area (Å²) in [6.07, 6.45) is 3.14. The van der Waals surface area contributed by atoms with E-state index in [2.05, 4.69) is 4.74 Å². The number of esters is 1. The zero-order chi connectivity index (χ0) is 8.69. The summed E-state index contributed by atoms with van der Waals surface area (Å²) in [6.45, 7) is 0. The van der Waals surface area contributed by atoms with Crippen molar-refractivity contribution < 1.29 is 9.53 Å². The minimum Gasteiger partial charge on any atom is -0.469 e. The molecule has 3 nitrogen and oxygen atoms in total. The minimum absolute atomic E-state index is 0.115. The maximum absolute atomic E-state index is 10.6. The van der Waals surface area contributed by atoms with Crippen molar-refractivity contribution in [3.8, 4) is 0 Å². The zero-order valence-corrected chi connectivity index (χ0v) is 7.82. The molecule has 1 atom stereocenters. The van der Waals surface area contributed by atoms with Gasteiger partial charge >= 0.3 is 5.97 Å². The average Bonchev–Trinajstić information content (AvgIpc) is 2.01. The normalized spacial score (nSPS) is 12.6. The third kappa shape index (κ3) is 6.19. The standard InChI is InChI=1S/C7H15NO2S/c1-10-7(9)4-3-6(8)5-11-2/h6H,3-5,8H2,1-2H3. The molecule has 0 aliphatic carbocycles.